The Morgan fingerprint density at radius 1 is 1.21 bits per heavy atom. The third-order valence-electron chi connectivity index (χ3n) is 3.43. The maximum atomic E-state index is 3.61. The summed E-state index contributed by atoms with van der Waals surface area (Å²) in [4.78, 5) is 1.43. The van der Waals surface area contributed by atoms with Crippen LogP contribution in [-0.4, -0.2) is 13.1 Å². The van der Waals surface area contributed by atoms with Gasteiger partial charge in [-0.1, -0.05) is 29.8 Å². The Balaban J connectivity index is 1.89. The predicted molar refractivity (Wildman–Crippen MR) is 88.1 cm³/mol. The molecule has 1 heterocycles. The normalized spacial score (nSPS) is 12.6. The number of likely N-dealkylation sites (N-methyl/N-ethyl adjacent to an activating group) is 1. The number of halogens is 1. The van der Waals surface area contributed by atoms with Crippen molar-refractivity contribution in [1.82, 2.24) is 5.32 Å². The van der Waals surface area contributed by atoms with E-state index in [2.05, 4.69) is 70.9 Å². The first-order chi connectivity index (χ1) is 9.19. The summed E-state index contributed by atoms with van der Waals surface area (Å²) in [6, 6.07) is 11.5. The highest BCUT2D eigenvalue weighted by Crippen LogP contribution is 2.24. The summed E-state index contributed by atoms with van der Waals surface area (Å²) in [6.45, 7) is 2.13. The van der Waals surface area contributed by atoms with Crippen molar-refractivity contribution in [3.8, 4) is 0 Å². The SMILES string of the molecule is CNC(CCc1ccc(C)cc1)Cc1sccc1Br. The van der Waals surface area contributed by atoms with E-state index in [0.29, 0.717) is 6.04 Å². The molecule has 0 amide bonds. The van der Waals surface area contributed by atoms with Crippen LogP contribution in [0, 0.1) is 6.92 Å². The third kappa shape index (κ3) is 4.44. The van der Waals surface area contributed by atoms with Crippen LogP contribution in [0.1, 0.15) is 22.4 Å². The molecule has 2 rings (SSSR count). The Morgan fingerprint density at radius 2 is 1.95 bits per heavy atom. The molecule has 1 N–H and O–H groups in total. The van der Waals surface area contributed by atoms with E-state index in [9.17, 15) is 0 Å². The molecule has 0 fully saturated rings. The van der Waals surface area contributed by atoms with Gasteiger partial charge in [-0.15, -0.1) is 11.3 Å². The minimum atomic E-state index is 0.538. The summed E-state index contributed by atoms with van der Waals surface area (Å²) in [5, 5.41) is 5.58. The molecule has 2 aromatic rings. The van der Waals surface area contributed by atoms with E-state index in [-0.39, 0.29) is 0 Å². The minimum Gasteiger partial charge on any atom is -0.317 e. The molecule has 1 aromatic heterocycles. The highest BCUT2D eigenvalue weighted by atomic mass is 79.9. The Kier molecular flexibility index (Phi) is 5.61. The predicted octanol–water partition coefficient (Wildman–Crippen LogP) is 4.58. The molecule has 1 atom stereocenters. The fourth-order valence-electron chi connectivity index (χ4n) is 2.14. The van der Waals surface area contributed by atoms with Gasteiger partial charge < -0.3 is 5.32 Å². The number of nitrogens with one attached hydrogen (secondary N) is 1. The highest BCUT2D eigenvalue weighted by Gasteiger charge is 2.10. The summed E-state index contributed by atoms with van der Waals surface area (Å²) in [6.07, 6.45) is 3.40. The van der Waals surface area contributed by atoms with E-state index >= 15 is 0 Å². The van der Waals surface area contributed by atoms with Crippen molar-refractivity contribution in [3.63, 3.8) is 0 Å². The minimum absolute atomic E-state index is 0.538. The second-order valence-corrected chi connectivity index (χ2v) is 6.76. The van der Waals surface area contributed by atoms with E-state index < -0.39 is 0 Å². The van der Waals surface area contributed by atoms with Gasteiger partial charge in [0.05, 0.1) is 0 Å². The molecule has 0 aliphatic rings. The first kappa shape index (κ1) is 14.8. The van der Waals surface area contributed by atoms with E-state index in [4.69, 9.17) is 0 Å². The van der Waals surface area contributed by atoms with Crippen LogP contribution in [-0.2, 0) is 12.8 Å². The van der Waals surface area contributed by atoms with Gasteiger partial charge in [0.1, 0.15) is 0 Å². The quantitative estimate of drug-likeness (QED) is 0.813. The fraction of sp³-hybridized carbons (Fsp3) is 0.375. The molecule has 0 spiro atoms. The molecule has 1 nitrogen and oxygen atoms in total. The molecule has 0 bridgehead atoms. The van der Waals surface area contributed by atoms with Crippen molar-refractivity contribution in [1.29, 1.82) is 0 Å². The fourth-order valence-corrected chi connectivity index (χ4v) is 3.73. The van der Waals surface area contributed by atoms with Gasteiger partial charge in [-0.3, -0.25) is 0 Å². The molecule has 19 heavy (non-hydrogen) atoms. The summed E-state index contributed by atoms with van der Waals surface area (Å²) >= 11 is 5.44. The Hall–Kier alpha value is -0.640. The molecular formula is C16H20BrNS. The Morgan fingerprint density at radius 3 is 2.53 bits per heavy atom. The number of rotatable bonds is 6. The van der Waals surface area contributed by atoms with E-state index in [1.807, 2.05) is 11.3 Å². The van der Waals surface area contributed by atoms with Crippen molar-refractivity contribution in [3.05, 3.63) is 56.2 Å². The summed E-state index contributed by atoms with van der Waals surface area (Å²) in [5.74, 6) is 0. The van der Waals surface area contributed by atoms with Gasteiger partial charge in [-0.05, 0) is 66.2 Å². The molecule has 102 valence electrons. The lowest BCUT2D eigenvalue weighted by atomic mass is 10.0. The standard InChI is InChI=1S/C16H20BrNS/c1-12-3-5-13(6-4-12)7-8-14(18-2)11-16-15(17)9-10-19-16/h3-6,9-10,14,18H,7-8,11H2,1-2H3. The van der Waals surface area contributed by atoms with E-state index in [1.54, 1.807) is 0 Å². The maximum Gasteiger partial charge on any atom is 0.0314 e. The van der Waals surface area contributed by atoms with Crippen molar-refractivity contribution in [2.24, 2.45) is 0 Å². The molecular weight excluding hydrogens is 318 g/mol. The van der Waals surface area contributed by atoms with Crippen LogP contribution < -0.4 is 5.32 Å². The molecule has 3 heteroatoms. The van der Waals surface area contributed by atoms with Gasteiger partial charge in [0.25, 0.3) is 0 Å². The monoisotopic (exact) mass is 337 g/mol. The molecule has 1 unspecified atom stereocenters. The zero-order chi connectivity index (χ0) is 13.7. The van der Waals surface area contributed by atoms with Crippen LogP contribution in [0.4, 0.5) is 0 Å². The van der Waals surface area contributed by atoms with Crippen LogP contribution in [0.3, 0.4) is 0 Å². The number of benzene rings is 1. The van der Waals surface area contributed by atoms with Gasteiger partial charge in [0.2, 0.25) is 0 Å². The summed E-state index contributed by atoms with van der Waals surface area (Å²) < 4.78 is 1.24. The van der Waals surface area contributed by atoms with E-state index in [0.717, 1.165) is 12.8 Å². The van der Waals surface area contributed by atoms with Crippen molar-refractivity contribution in [2.45, 2.75) is 32.2 Å². The largest absolute Gasteiger partial charge is 0.317 e. The van der Waals surface area contributed by atoms with Gasteiger partial charge >= 0.3 is 0 Å². The lowest BCUT2D eigenvalue weighted by Gasteiger charge is -2.15. The van der Waals surface area contributed by atoms with Crippen LogP contribution in [0.2, 0.25) is 0 Å². The lowest BCUT2D eigenvalue weighted by Crippen LogP contribution is -2.27. The Bertz CT molecular complexity index is 504. The topological polar surface area (TPSA) is 12.0 Å². The molecule has 1 aromatic carbocycles. The third-order valence-corrected chi connectivity index (χ3v) is 5.38. The molecule has 0 saturated heterocycles. The number of thiophene rings is 1. The van der Waals surface area contributed by atoms with Gasteiger partial charge in [-0.25, -0.2) is 0 Å². The van der Waals surface area contributed by atoms with Gasteiger partial charge in [-0.2, -0.15) is 0 Å². The van der Waals surface area contributed by atoms with E-state index in [1.165, 1.54) is 26.9 Å². The first-order valence-electron chi connectivity index (χ1n) is 6.63. The van der Waals surface area contributed by atoms with Gasteiger partial charge in [0, 0.05) is 15.4 Å². The van der Waals surface area contributed by atoms with Crippen LogP contribution in [0.15, 0.2) is 40.2 Å². The number of aryl methyl sites for hydroxylation is 2. The second kappa shape index (κ2) is 7.22. The van der Waals surface area contributed by atoms with Crippen molar-refractivity contribution < 1.29 is 0 Å². The van der Waals surface area contributed by atoms with Crippen molar-refractivity contribution in [2.75, 3.05) is 7.05 Å². The highest BCUT2D eigenvalue weighted by molar-refractivity contribution is 9.10. The summed E-state index contributed by atoms with van der Waals surface area (Å²) in [7, 11) is 2.06. The number of hydrogen-bond acceptors (Lipinski definition) is 2. The zero-order valence-electron chi connectivity index (χ0n) is 11.4. The first-order valence-corrected chi connectivity index (χ1v) is 8.31. The average Bonchev–Trinajstić information content (AvgIpc) is 2.82. The second-order valence-electron chi connectivity index (χ2n) is 4.91. The smallest absolute Gasteiger partial charge is 0.0314 e. The summed E-state index contributed by atoms with van der Waals surface area (Å²) in [5.41, 5.74) is 2.76. The maximum absolute atomic E-state index is 3.61. The van der Waals surface area contributed by atoms with Crippen LogP contribution in [0.25, 0.3) is 0 Å². The molecule has 0 radical (unpaired) electrons. The molecule has 0 saturated carbocycles. The zero-order valence-corrected chi connectivity index (χ0v) is 13.9. The van der Waals surface area contributed by atoms with Crippen LogP contribution >= 0.6 is 27.3 Å². The number of hydrogen-bond donors (Lipinski definition) is 1. The molecule has 0 aliphatic carbocycles. The lowest BCUT2D eigenvalue weighted by molar-refractivity contribution is 0.523. The van der Waals surface area contributed by atoms with Crippen LogP contribution in [0.5, 0.6) is 0 Å². The average molecular weight is 338 g/mol. The Labute approximate surface area is 128 Å². The van der Waals surface area contributed by atoms with Crippen molar-refractivity contribution >= 4 is 27.3 Å². The van der Waals surface area contributed by atoms with Gasteiger partial charge in [0.15, 0.2) is 0 Å². The molecule has 0 aliphatic heterocycles.